The van der Waals surface area contributed by atoms with Gasteiger partial charge in [0.25, 0.3) is 5.91 Å². The minimum absolute atomic E-state index is 0.0480. The summed E-state index contributed by atoms with van der Waals surface area (Å²) in [6, 6.07) is 11.4. The Kier molecular flexibility index (Phi) is 5.87. The number of halogens is 1. The Bertz CT molecular complexity index is 1250. The molecule has 0 radical (unpaired) electrons. The first-order chi connectivity index (χ1) is 14.7. The van der Waals surface area contributed by atoms with Gasteiger partial charge in [-0.1, -0.05) is 18.2 Å². The van der Waals surface area contributed by atoms with Crippen LogP contribution >= 0.6 is 11.3 Å². The molecular weight excluding hydrogens is 439 g/mol. The molecule has 0 unspecified atom stereocenters. The zero-order valence-corrected chi connectivity index (χ0v) is 19.1. The van der Waals surface area contributed by atoms with E-state index in [0.29, 0.717) is 4.88 Å². The van der Waals surface area contributed by atoms with Crippen molar-refractivity contribution in [1.29, 1.82) is 0 Å². The smallest absolute Gasteiger partial charge is 0.263 e. The van der Waals surface area contributed by atoms with Gasteiger partial charge in [0.15, 0.2) is 0 Å². The van der Waals surface area contributed by atoms with Crippen LogP contribution in [0.5, 0.6) is 0 Å². The third-order valence-corrected chi connectivity index (χ3v) is 8.39. The number of hydrogen-bond donors (Lipinski definition) is 0. The molecule has 31 heavy (non-hydrogen) atoms. The highest BCUT2D eigenvalue weighted by Crippen LogP contribution is 2.39. The van der Waals surface area contributed by atoms with Gasteiger partial charge >= 0.3 is 0 Å². The predicted octanol–water partition coefficient (Wildman–Crippen LogP) is 3.81. The minimum atomic E-state index is -3.83. The van der Waals surface area contributed by atoms with E-state index in [0.717, 1.165) is 15.6 Å². The second-order valence-corrected chi connectivity index (χ2v) is 10.7. The molecule has 1 saturated heterocycles. The number of fused-ring (bicyclic) bond motifs is 1. The van der Waals surface area contributed by atoms with Gasteiger partial charge in [0.1, 0.15) is 5.82 Å². The number of ether oxygens (including phenoxy) is 1. The second-order valence-electron chi connectivity index (χ2n) is 7.67. The fourth-order valence-electron chi connectivity index (χ4n) is 3.69. The topological polar surface area (TPSA) is 66.9 Å². The zero-order chi connectivity index (χ0) is 22.3. The van der Waals surface area contributed by atoms with Crippen molar-refractivity contribution in [3.8, 4) is 0 Å². The van der Waals surface area contributed by atoms with Gasteiger partial charge in [0.05, 0.1) is 22.5 Å². The highest BCUT2D eigenvalue weighted by molar-refractivity contribution is 7.89. The Balaban J connectivity index is 1.74. The van der Waals surface area contributed by atoms with Gasteiger partial charge in [-0.25, -0.2) is 12.8 Å². The summed E-state index contributed by atoms with van der Waals surface area (Å²) in [4.78, 5) is 15.0. The van der Waals surface area contributed by atoms with Crippen LogP contribution in [0.15, 0.2) is 47.4 Å². The quantitative estimate of drug-likeness (QED) is 0.591. The Labute approximate surface area is 184 Å². The normalized spacial score (nSPS) is 17.7. The monoisotopic (exact) mass is 462 g/mol. The first-order valence-electron chi connectivity index (χ1n) is 9.81. The molecular formula is C22H23FN2O4S2. The van der Waals surface area contributed by atoms with Crippen LogP contribution in [-0.2, 0) is 14.8 Å². The Morgan fingerprint density at radius 2 is 1.97 bits per heavy atom. The van der Waals surface area contributed by atoms with Crippen LogP contribution < -0.4 is 0 Å². The predicted molar refractivity (Wildman–Crippen MR) is 118 cm³/mol. The van der Waals surface area contributed by atoms with Crippen LogP contribution in [0.1, 0.15) is 26.9 Å². The number of rotatable bonds is 4. The van der Waals surface area contributed by atoms with Gasteiger partial charge in [-0.15, -0.1) is 11.3 Å². The van der Waals surface area contributed by atoms with Crippen LogP contribution in [0.4, 0.5) is 4.39 Å². The van der Waals surface area contributed by atoms with Crippen molar-refractivity contribution in [3.05, 3.63) is 64.3 Å². The van der Waals surface area contributed by atoms with E-state index in [2.05, 4.69) is 0 Å². The molecule has 9 heteroatoms. The molecule has 2 aromatic carbocycles. The number of hydrogen-bond acceptors (Lipinski definition) is 5. The maximum absolute atomic E-state index is 13.6. The molecule has 0 saturated carbocycles. The van der Waals surface area contributed by atoms with Crippen molar-refractivity contribution in [1.82, 2.24) is 9.21 Å². The summed E-state index contributed by atoms with van der Waals surface area (Å²) < 4.78 is 48.4. The molecule has 1 aliphatic heterocycles. The standard InChI is InChI=1S/C22H23FN2O4S2/c1-14-12-15(8-9-17(14)23)31(27,28)25-10-11-29-18(13-25)20-16-6-4-5-7-19(16)30-21(20)22(26)24(2)3/h4-9,12,18H,10-11,13H2,1-3H3/t18-/m0/s1. The van der Waals surface area contributed by atoms with Crippen molar-refractivity contribution >= 4 is 37.4 Å². The summed E-state index contributed by atoms with van der Waals surface area (Å²) >= 11 is 1.38. The number of thiophene rings is 1. The number of sulfonamides is 1. The van der Waals surface area contributed by atoms with Crippen molar-refractivity contribution in [2.24, 2.45) is 0 Å². The maximum Gasteiger partial charge on any atom is 0.263 e. The molecule has 4 rings (SSSR count). The highest BCUT2D eigenvalue weighted by Gasteiger charge is 2.35. The molecule has 3 aromatic rings. The Hall–Kier alpha value is -2.33. The molecule has 0 N–H and O–H groups in total. The van der Waals surface area contributed by atoms with E-state index in [9.17, 15) is 17.6 Å². The average Bonchev–Trinajstić information content (AvgIpc) is 3.14. The number of morpholine rings is 1. The molecule has 1 aliphatic rings. The summed E-state index contributed by atoms with van der Waals surface area (Å²) in [5.74, 6) is -0.593. The summed E-state index contributed by atoms with van der Waals surface area (Å²) in [6.45, 7) is 2.00. The lowest BCUT2D eigenvalue weighted by molar-refractivity contribution is -0.00203. The summed E-state index contributed by atoms with van der Waals surface area (Å²) in [5.41, 5.74) is 0.989. The van der Waals surface area contributed by atoms with Crippen LogP contribution in [-0.4, -0.2) is 57.3 Å². The fourth-order valence-corrected chi connectivity index (χ4v) is 6.48. The van der Waals surface area contributed by atoms with Gasteiger partial charge in [-0.2, -0.15) is 4.31 Å². The molecule has 6 nitrogen and oxygen atoms in total. The van der Waals surface area contributed by atoms with Gasteiger partial charge in [-0.05, 0) is 42.1 Å². The van der Waals surface area contributed by atoms with Crippen molar-refractivity contribution in [2.75, 3.05) is 33.8 Å². The zero-order valence-electron chi connectivity index (χ0n) is 17.5. The molecule has 2 heterocycles. The summed E-state index contributed by atoms with van der Waals surface area (Å²) in [7, 11) is -0.461. The van der Waals surface area contributed by atoms with Gasteiger partial charge in [0.2, 0.25) is 10.0 Å². The first-order valence-corrected chi connectivity index (χ1v) is 12.1. The van der Waals surface area contributed by atoms with E-state index in [1.807, 2.05) is 24.3 Å². The van der Waals surface area contributed by atoms with Gasteiger partial charge in [0, 0.05) is 37.4 Å². The van der Waals surface area contributed by atoms with Crippen molar-refractivity contribution in [3.63, 3.8) is 0 Å². The molecule has 0 spiro atoms. The van der Waals surface area contributed by atoms with Gasteiger partial charge < -0.3 is 9.64 Å². The van der Waals surface area contributed by atoms with E-state index < -0.39 is 21.9 Å². The van der Waals surface area contributed by atoms with Crippen molar-refractivity contribution < 1.29 is 22.3 Å². The number of carbonyl (C=O) groups excluding carboxylic acids is 1. The van der Waals surface area contributed by atoms with Crippen LogP contribution in [0.2, 0.25) is 0 Å². The first kappa shape index (κ1) is 21.9. The average molecular weight is 463 g/mol. The minimum Gasteiger partial charge on any atom is -0.371 e. The van der Waals surface area contributed by atoms with E-state index in [1.165, 1.54) is 45.7 Å². The third kappa shape index (κ3) is 3.98. The van der Waals surface area contributed by atoms with Crippen LogP contribution in [0.3, 0.4) is 0 Å². The lowest BCUT2D eigenvalue weighted by Crippen LogP contribution is -2.42. The van der Waals surface area contributed by atoms with E-state index in [4.69, 9.17) is 4.74 Å². The second kappa shape index (κ2) is 8.31. The highest BCUT2D eigenvalue weighted by atomic mass is 32.2. The van der Waals surface area contributed by atoms with Crippen LogP contribution in [0, 0.1) is 12.7 Å². The maximum atomic E-state index is 13.6. The number of carbonyl (C=O) groups is 1. The number of aryl methyl sites for hydroxylation is 1. The SMILES string of the molecule is Cc1cc(S(=O)(=O)N2CCO[C@H](c3c(C(=O)N(C)C)sc4ccccc34)C2)ccc1F. The van der Waals surface area contributed by atoms with Crippen molar-refractivity contribution in [2.45, 2.75) is 17.9 Å². The molecule has 1 aromatic heterocycles. The van der Waals surface area contributed by atoms with Gasteiger partial charge in [-0.3, -0.25) is 4.79 Å². The molecule has 1 atom stereocenters. The molecule has 1 amide bonds. The molecule has 0 aliphatic carbocycles. The lowest BCUT2D eigenvalue weighted by Gasteiger charge is -2.33. The molecule has 1 fully saturated rings. The number of amides is 1. The van der Waals surface area contributed by atoms with E-state index in [-0.39, 0.29) is 36.1 Å². The fraction of sp³-hybridized carbons (Fsp3) is 0.318. The van der Waals surface area contributed by atoms with E-state index >= 15 is 0 Å². The summed E-state index contributed by atoms with van der Waals surface area (Å²) in [6.07, 6.45) is -0.583. The molecule has 0 bridgehead atoms. The molecule has 164 valence electrons. The largest absolute Gasteiger partial charge is 0.371 e. The Morgan fingerprint density at radius 1 is 1.23 bits per heavy atom. The Morgan fingerprint density at radius 3 is 2.68 bits per heavy atom. The number of nitrogens with zero attached hydrogens (tertiary/aromatic N) is 2. The van der Waals surface area contributed by atoms with E-state index in [1.54, 1.807) is 14.1 Å². The summed E-state index contributed by atoms with van der Waals surface area (Å²) in [5, 5.41) is 0.888. The van der Waals surface area contributed by atoms with Crippen LogP contribution in [0.25, 0.3) is 10.1 Å². The lowest BCUT2D eigenvalue weighted by atomic mass is 10.0. The number of benzene rings is 2. The third-order valence-electron chi connectivity index (χ3n) is 5.35.